The van der Waals surface area contributed by atoms with Gasteiger partial charge in [-0.2, -0.15) is 13.2 Å². The van der Waals surface area contributed by atoms with Crippen molar-refractivity contribution in [2.75, 3.05) is 6.61 Å². The van der Waals surface area contributed by atoms with Gasteiger partial charge in [-0.15, -0.1) is 0 Å². The number of carboxylic acids is 1. The van der Waals surface area contributed by atoms with Crippen molar-refractivity contribution >= 4 is 11.9 Å². The van der Waals surface area contributed by atoms with Crippen molar-refractivity contribution in [1.29, 1.82) is 0 Å². The van der Waals surface area contributed by atoms with E-state index in [1.54, 1.807) is 6.92 Å². The summed E-state index contributed by atoms with van der Waals surface area (Å²) < 4.78 is 42.0. The molecule has 1 atom stereocenters. The van der Waals surface area contributed by atoms with Gasteiger partial charge in [0.1, 0.15) is 0 Å². The summed E-state index contributed by atoms with van der Waals surface area (Å²) in [5.74, 6) is -3.78. The third-order valence-corrected chi connectivity index (χ3v) is 3.19. The van der Waals surface area contributed by atoms with Gasteiger partial charge in [-0.05, 0) is 19.8 Å². The molecule has 0 aliphatic heterocycles. The Morgan fingerprint density at radius 2 is 1.89 bits per heavy atom. The molecule has 110 valence electrons. The summed E-state index contributed by atoms with van der Waals surface area (Å²) in [7, 11) is 0. The Balaban J connectivity index is 2.93. The predicted molar refractivity (Wildman–Crippen MR) is 58.4 cm³/mol. The maximum absolute atomic E-state index is 12.2. The molecule has 0 heterocycles. The summed E-state index contributed by atoms with van der Waals surface area (Å²) in [6, 6.07) is -1.69. The van der Waals surface area contributed by atoms with Crippen LogP contribution in [0, 0.1) is 0 Å². The molecular weight excluding hydrogens is 267 g/mol. The molecule has 1 fully saturated rings. The molecule has 2 N–H and O–H groups in total. The van der Waals surface area contributed by atoms with Gasteiger partial charge in [-0.1, -0.05) is 12.8 Å². The number of rotatable bonds is 5. The minimum absolute atomic E-state index is 0.172. The Bertz CT molecular complexity index is 350. The maximum atomic E-state index is 12.2. The highest BCUT2D eigenvalue weighted by atomic mass is 19.4. The third-order valence-electron chi connectivity index (χ3n) is 3.19. The van der Waals surface area contributed by atoms with Crippen molar-refractivity contribution in [3.05, 3.63) is 0 Å². The number of halogens is 3. The van der Waals surface area contributed by atoms with Crippen LogP contribution in [-0.2, 0) is 14.3 Å². The minimum atomic E-state index is -5.11. The number of hydrogen-bond acceptors (Lipinski definition) is 3. The number of carbonyl (C=O) groups is 2. The highest BCUT2D eigenvalue weighted by Crippen LogP contribution is 2.36. The first-order chi connectivity index (χ1) is 8.73. The molecule has 1 unspecified atom stereocenters. The number of carbonyl (C=O) groups excluding carboxylic acids is 1. The standard InChI is InChI=1S/C11H16F3NO4/c1-2-19-10(5-3-4-6-10)7(8(16)17)15-9(18)11(12,13)14/h7H,2-6H2,1H3,(H,15,18)(H,16,17). The van der Waals surface area contributed by atoms with Crippen LogP contribution in [0.15, 0.2) is 0 Å². The molecule has 0 aromatic heterocycles. The Labute approximate surface area is 108 Å². The summed E-state index contributed by atoms with van der Waals surface area (Å²) in [5.41, 5.74) is -1.25. The van der Waals surface area contributed by atoms with Crippen molar-refractivity contribution < 1.29 is 32.6 Å². The van der Waals surface area contributed by atoms with E-state index in [0.717, 1.165) is 0 Å². The van der Waals surface area contributed by atoms with Crippen LogP contribution in [0.25, 0.3) is 0 Å². The normalized spacial score (nSPS) is 20.0. The minimum Gasteiger partial charge on any atom is -0.480 e. The van der Waals surface area contributed by atoms with Gasteiger partial charge in [0.05, 0.1) is 5.60 Å². The van der Waals surface area contributed by atoms with E-state index in [1.165, 1.54) is 5.32 Å². The zero-order valence-corrected chi connectivity index (χ0v) is 10.4. The molecule has 1 aliphatic carbocycles. The molecule has 0 radical (unpaired) electrons. The fourth-order valence-electron chi connectivity index (χ4n) is 2.41. The molecule has 0 aromatic rings. The van der Waals surface area contributed by atoms with Crippen LogP contribution >= 0.6 is 0 Å². The van der Waals surface area contributed by atoms with Crippen molar-refractivity contribution in [3.8, 4) is 0 Å². The monoisotopic (exact) mass is 283 g/mol. The van der Waals surface area contributed by atoms with E-state index < -0.39 is 29.7 Å². The molecule has 1 amide bonds. The second-order valence-electron chi connectivity index (χ2n) is 4.45. The molecular formula is C11H16F3NO4. The van der Waals surface area contributed by atoms with Gasteiger partial charge in [0, 0.05) is 6.61 Å². The molecule has 1 saturated carbocycles. The number of carboxylic acid groups (broad SMARTS) is 1. The van der Waals surface area contributed by atoms with Crippen LogP contribution < -0.4 is 5.32 Å². The topological polar surface area (TPSA) is 75.6 Å². The summed E-state index contributed by atoms with van der Waals surface area (Å²) in [6.07, 6.45) is -3.16. The average Bonchev–Trinajstić information content (AvgIpc) is 2.73. The Hall–Kier alpha value is -1.31. The van der Waals surface area contributed by atoms with E-state index in [9.17, 15) is 22.8 Å². The van der Waals surface area contributed by atoms with E-state index in [2.05, 4.69) is 0 Å². The molecule has 1 rings (SSSR count). The van der Waals surface area contributed by atoms with Gasteiger partial charge >= 0.3 is 18.1 Å². The largest absolute Gasteiger partial charge is 0.480 e. The Morgan fingerprint density at radius 1 is 1.37 bits per heavy atom. The second kappa shape index (κ2) is 5.77. The number of nitrogens with one attached hydrogen (secondary N) is 1. The van der Waals surface area contributed by atoms with Gasteiger partial charge in [-0.25, -0.2) is 4.79 Å². The van der Waals surface area contributed by atoms with Crippen molar-refractivity contribution in [2.45, 2.75) is 50.4 Å². The number of alkyl halides is 3. The van der Waals surface area contributed by atoms with Crippen molar-refractivity contribution in [2.24, 2.45) is 0 Å². The van der Waals surface area contributed by atoms with Gasteiger partial charge in [-0.3, -0.25) is 4.79 Å². The zero-order valence-electron chi connectivity index (χ0n) is 10.4. The van der Waals surface area contributed by atoms with Crippen molar-refractivity contribution in [3.63, 3.8) is 0 Å². The number of aliphatic carboxylic acids is 1. The Morgan fingerprint density at radius 3 is 2.26 bits per heavy atom. The second-order valence-corrected chi connectivity index (χ2v) is 4.45. The lowest BCUT2D eigenvalue weighted by molar-refractivity contribution is -0.179. The van der Waals surface area contributed by atoms with Crippen LogP contribution in [0.5, 0.6) is 0 Å². The van der Waals surface area contributed by atoms with E-state index >= 15 is 0 Å². The molecule has 5 nitrogen and oxygen atoms in total. The quantitative estimate of drug-likeness (QED) is 0.801. The number of ether oxygens (including phenoxy) is 1. The van der Waals surface area contributed by atoms with Crippen LogP contribution in [0.4, 0.5) is 13.2 Å². The number of hydrogen-bond donors (Lipinski definition) is 2. The lowest BCUT2D eigenvalue weighted by atomic mass is 9.91. The first-order valence-corrected chi connectivity index (χ1v) is 5.97. The SMILES string of the molecule is CCOC1(C(NC(=O)C(F)(F)F)C(=O)O)CCCC1. The average molecular weight is 283 g/mol. The van der Waals surface area contributed by atoms with Gasteiger partial charge in [0.15, 0.2) is 6.04 Å². The lowest BCUT2D eigenvalue weighted by Crippen LogP contribution is -2.59. The third kappa shape index (κ3) is 3.59. The number of amides is 1. The van der Waals surface area contributed by atoms with Gasteiger partial charge < -0.3 is 15.2 Å². The van der Waals surface area contributed by atoms with Crippen LogP contribution in [0.3, 0.4) is 0 Å². The first kappa shape index (κ1) is 15.7. The fraction of sp³-hybridized carbons (Fsp3) is 0.818. The van der Waals surface area contributed by atoms with E-state index in [4.69, 9.17) is 9.84 Å². The zero-order chi connectivity index (χ0) is 14.7. The van der Waals surface area contributed by atoms with Gasteiger partial charge in [0.25, 0.3) is 0 Å². The van der Waals surface area contributed by atoms with Crippen LogP contribution in [-0.4, -0.2) is 41.4 Å². The van der Waals surface area contributed by atoms with E-state index in [-0.39, 0.29) is 6.61 Å². The van der Waals surface area contributed by atoms with E-state index in [0.29, 0.717) is 25.7 Å². The predicted octanol–water partition coefficient (Wildman–Crippen LogP) is 1.47. The summed E-state index contributed by atoms with van der Waals surface area (Å²) in [5, 5.41) is 10.6. The maximum Gasteiger partial charge on any atom is 0.471 e. The summed E-state index contributed by atoms with van der Waals surface area (Å²) >= 11 is 0. The highest BCUT2D eigenvalue weighted by Gasteiger charge is 2.50. The highest BCUT2D eigenvalue weighted by molar-refractivity contribution is 5.87. The first-order valence-electron chi connectivity index (χ1n) is 5.97. The smallest absolute Gasteiger partial charge is 0.471 e. The molecule has 0 saturated heterocycles. The van der Waals surface area contributed by atoms with Crippen LogP contribution in [0.1, 0.15) is 32.6 Å². The molecule has 0 bridgehead atoms. The summed E-state index contributed by atoms with van der Waals surface area (Å²) in [4.78, 5) is 22.1. The lowest BCUT2D eigenvalue weighted by Gasteiger charge is -2.35. The van der Waals surface area contributed by atoms with Gasteiger partial charge in [0.2, 0.25) is 0 Å². The fourth-order valence-corrected chi connectivity index (χ4v) is 2.41. The van der Waals surface area contributed by atoms with Crippen LogP contribution in [0.2, 0.25) is 0 Å². The molecule has 1 aliphatic rings. The molecule has 0 spiro atoms. The van der Waals surface area contributed by atoms with E-state index in [1.807, 2.05) is 0 Å². The van der Waals surface area contributed by atoms with Crippen molar-refractivity contribution in [1.82, 2.24) is 5.32 Å². The molecule has 0 aromatic carbocycles. The Kier molecular flexibility index (Phi) is 4.78. The summed E-state index contributed by atoms with van der Waals surface area (Å²) in [6.45, 7) is 1.80. The molecule has 8 heteroatoms. The molecule has 19 heavy (non-hydrogen) atoms.